The molecule has 4 heteroatoms. The van der Waals surface area contributed by atoms with Crippen LogP contribution in [0.1, 0.15) is 5.76 Å². The van der Waals surface area contributed by atoms with E-state index >= 15 is 0 Å². The van der Waals surface area contributed by atoms with Crippen LogP contribution in [0.4, 0.5) is 5.69 Å². The number of hydrogen-bond donors (Lipinski definition) is 1. The van der Waals surface area contributed by atoms with Crippen molar-refractivity contribution in [1.82, 2.24) is 4.98 Å². The predicted octanol–water partition coefficient (Wildman–Crippen LogP) is 4.20. The molecule has 1 N–H and O–H groups in total. The summed E-state index contributed by atoms with van der Waals surface area (Å²) in [7, 11) is 0. The highest BCUT2D eigenvalue weighted by Crippen LogP contribution is 2.21. The normalized spacial score (nSPS) is 10.7. The van der Waals surface area contributed by atoms with Crippen molar-refractivity contribution >= 4 is 32.5 Å². The Balaban J connectivity index is 1.81. The maximum atomic E-state index is 5.35. The molecule has 0 spiro atoms. The van der Waals surface area contributed by atoms with Gasteiger partial charge in [0.1, 0.15) is 5.76 Å². The second-order valence-electron chi connectivity index (χ2n) is 3.96. The summed E-state index contributed by atoms with van der Waals surface area (Å²) in [6.45, 7) is 0.652. The molecule has 1 aromatic carbocycles. The molecule has 90 valence electrons. The van der Waals surface area contributed by atoms with Crippen LogP contribution in [0.2, 0.25) is 0 Å². The third-order valence-electron chi connectivity index (χ3n) is 2.75. The number of fused-ring (bicyclic) bond motifs is 1. The van der Waals surface area contributed by atoms with Crippen LogP contribution in [0.25, 0.3) is 10.9 Å². The molecular weight excluding hydrogens is 292 g/mol. The summed E-state index contributed by atoms with van der Waals surface area (Å²) < 4.78 is 6.34. The van der Waals surface area contributed by atoms with Gasteiger partial charge in [0.15, 0.2) is 0 Å². The lowest BCUT2D eigenvalue weighted by molar-refractivity contribution is 0.516. The zero-order valence-corrected chi connectivity index (χ0v) is 11.1. The molecule has 0 amide bonds. The van der Waals surface area contributed by atoms with Crippen molar-refractivity contribution in [3.05, 3.63) is 59.1 Å². The third kappa shape index (κ3) is 2.24. The van der Waals surface area contributed by atoms with Crippen LogP contribution in [-0.2, 0) is 6.54 Å². The fourth-order valence-electron chi connectivity index (χ4n) is 1.82. The molecule has 2 aromatic heterocycles. The van der Waals surface area contributed by atoms with E-state index in [0.717, 1.165) is 26.8 Å². The van der Waals surface area contributed by atoms with Gasteiger partial charge in [-0.1, -0.05) is 6.07 Å². The summed E-state index contributed by atoms with van der Waals surface area (Å²) >= 11 is 3.44. The monoisotopic (exact) mass is 302 g/mol. The Hall–Kier alpha value is -1.81. The number of benzene rings is 1. The first-order chi connectivity index (χ1) is 8.83. The van der Waals surface area contributed by atoms with E-state index < -0.39 is 0 Å². The quantitative estimate of drug-likeness (QED) is 0.788. The summed E-state index contributed by atoms with van der Waals surface area (Å²) in [6.07, 6.45) is 3.47. The van der Waals surface area contributed by atoms with Gasteiger partial charge in [-0.25, -0.2) is 0 Å². The van der Waals surface area contributed by atoms with Crippen LogP contribution in [0.3, 0.4) is 0 Å². The second kappa shape index (κ2) is 4.82. The highest BCUT2D eigenvalue weighted by Gasteiger charge is 2.03. The average molecular weight is 303 g/mol. The lowest BCUT2D eigenvalue weighted by atomic mass is 10.2. The van der Waals surface area contributed by atoms with Gasteiger partial charge in [0.05, 0.1) is 22.8 Å². The summed E-state index contributed by atoms with van der Waals surface area (Å²) in [5, 5.41) is 4.45. The second-order valence-corrected chi connectivity index (χ2v) is 4.81. The van der Waals surface area contributed by atoms with E-state index in [1.165, 1.54) is 0 Å². The van der Waals surface area contributed by atoms with Crippen molar-refractivity contribution in [2.45, 2.75) is 6.54 Å². The van der Waals surface area contributed by atoms with Gasteiger partial charge in [-0.3, -0.25) is 4.98 Å². The highest BCUT2D eigenvalue weighted by atomic mass is 79.9. The Morgan fingerprint density at radius 2 is 2.17 bits per heavy atom. The SMILES string of the molecule is Brc1ccoc1CNc1ccc2ncccc2c1. The van der Waals surface area contributed by atoms with Gasteiger partial charge in [-0.05, 0) is 46.3 Å². The molecular formula is C14H11BrN2O. The number of rotatable bonds is 3. The molecule has 0 radical (unpaired) electrons. The average Bonchev–Trinajstić information content (AvgIpc) is 2.82. The van der Waals surface area contributed by atoms with Gasteiger partial charge in [0, 0.05) is 17.3 Å². The topological polar surface area (TPSA) is 38.1 Å². The number of hydrogen-bond acceptors (Lipinski definition) is 3. The lowest BCUT2D eigenvalue weighted by Crippen LogP contribution is -1.98. The van der Waals surface area contributed by atoms with E-state index in [2.05, 4.69) is 38.4 Å². The van der Waals surface area contributed by atoms with E-state index in [4.69, 9.17) is 4.42 Å². The van der Waals surface area contributed by atoms with Crippen molar-refractivity contribution in [2.24, 2.45) is 0 Å². The number of nitrogens with one attached hydrogen (secondary N) is 1. The first-order valence-electron chi connectivity index (χ1n) is 5.63. The number of pyridine rings is 1. The van der Waals surface area contributed by atoms with Crippen molar-refractivity contribution in [3.63, 3.8) is 0 Å². The first-order valence-corrected chi connectivity index (χ1v) is 6.43. The van der Waals surface area contributed by atoms with Crippen LogP contribution >= 0.6 is 15.9 Å². The zero-order valence-electron chi connectivity index (χ0n) is 9.56. The summed E-state index contributed by atoms with van der Waals surface area (Å²) in [5.74, 6) is 0.890. The van der Waals surface area contributed by atoms with Crippen LogP contribution < -0.4 is 5.32 Å². The van der Waals surface area contributed by atoms with Crippen LogP contribution in [0, 0.1) is 0 Å². The minimum absolute atomic E-state index is 0.652. The van der Waals surface area contributed by atoms with E-state index in [0.29, 0.717) is 6.54 Å². The molecule has 18 heavy (non-hydrogen) atoms. The number of nitrogens with zero attached hydrogens (tertiary/aromatic N) is 1. The Morgan fingerprint density at radius 3 is 3.00 bits per heavy atom. The molecule has 0 atom stereocenters. The fraction of sp³-hybridized carbons (Fsp3) is 0.0714. The van der Waals surface area contributed by atoms with Gasteiger partial charge in [-0.2, -0.15) is 0 Å². The zero-order chi connectivity index (χ0) is 12.4. The van der Waals surface area contributed by atoms with E-state index in [1.54, 1.807) is 12.5 Å². The van der Waals surface area contributed by atoms with Gasteiger partial charge in [0.2, 0.25) is 0 Å². The van der Waals surface area contributed by atoms with Gasteiger partial charge in [0.25, 0.3) is 0 Å². The smallest absolute Gasteiger partial charge is 0.136 e. The maximum absolute atomic E-state index is 5.35. The van der Waals surface area contributed by atoms with Crippen LogP contribution in [0.5, 0.6) is 0 Å². The number of halogens is 1. The number of furan rings is 1. The number of aromatic nitrogens is 1. The van der Waals surface area contributed by atoms with Gasteiger partial charge >= 0.3 is 0 Å². The fourth-order valence-corrected chi connectivity index (χ4v) is 2.16. The Kier molecular flexibility index (Phi) is 3.02. The Bertz CT molecular complexity index is 678. The predicted molar refractivity (Wildman–Crippen MR) is 75.5 cm³/mol. The minimum Gasteiger partial charge on any atom is -0.466 e. The molecule has 3 nitrogen and oxygen atoms in total. The Labute approximate surface area is 113 Å². The van der Waals surface area contributed by atoms with Crippen molar-refractivity contribution in [2.75, 3.05) is 5.32 Å². The molecule has 3 rings (SSSR count). The standard InChI is InChI=1S/C14H11BrN2O/c15-12-5-7-18-14(12)9-17-11-3-4-13-10(8-11)2-1-6-16-13/h1-8,17H,9H2. The highest BCUT2D eigenvalue weighted by molar-refractivity contribution is 9.10. The van der Waals surface area contributed by atoms with E-state index in [1.807, 2.05) is 24.3 Å². The molecule has 0 fully saturated rings. The van der Waals surface area contributed by atoms with E-state index in [-0.39, 0.29) is 0 Å². The minimum atomic E-state index is 0.652. The Morgan fingerprint density at radius 1 is 1.22 bits per heavy atom. The van der Waals surface area contributed by atoms with E-state index in [9.17, 15) is 0 Å². The molecule has 0 bridgehead atoms. The largest absolute Gasteiger partial charge is 0.466 e. The molecule has 0 saturated heterocycles. The van der Waals surface area contributed by atoms with Crippen molar-refractivity contribution < 1.29 is 4.42 Å². The molecule has 0 saturated carbocycles. The van der Waals surface area contributed by atoms with Gasteiger partial charge < -0.3 is 9.73 Å². The summed E-state index contributed by atoms with van der Waals surface area (Å²) in [6, 6.07) is 12.0. The van der Waals surface area contributed by atoms with Crippen molar-refractivity contribution in [1.29, 1.82) is 0 Å². The third-order valence-corrected chi connectivity index (χ3v) is 3.45. The first kappa shape index (κ1) is 11.3. The molecule has 0 unspecified atom stereocenters. The van der Waals surface area contributed by atoms with Crippen LogP contribution in [-0.4, -0.2) is 4.98 Å². The lowest BCUT2D eigenvalue weighted by Gasteiger charge is -2.06. The van der Waals surface area contributed by atoms with Crippen LogP contribution in [0.15, 0.2) is 57.7 Å². The molecule has 0 aliphatic carbocycles. The van der Waals surface area contributed by atoms with Gasteiger partial charge in [-0.15, -0.1) is 0 Å². The van der Waals surface area contributed by atoms with Crippen molar-refractivity contribution in [3.8, 4) is 0 Å². The summed E-state index contributed by atoms with van der Waals surface area (Å²) in [4.78, 5) is 4.29. The molecule has 0 aliphatic heterocycles. The molecule has 3 aromatic rings. The maximum Gasteiger partial charge on any atom is 0.136 e. The molecule has 2 heterocycles. The molecule has 0 aliphatic rings. The number of anilines is 1. The summed E-state index contributed by atoms with van der Waals surface area (Å²) in [5.41, 5.74) is 2.06.